The van der Waals surface area contributed by atoms with E-state index in [1.165, 1.54) is 12.8 Å². The maximum atomic E-state index is 11.7. The highest BCUT2D eigenvalue weighted by atomic mass is 32.2. The Labute approximate surface area is 110 Å². The Balaban J connectivity index is 1.99. The van der Waals surface area contributed by atoms with Gasteiger partial charge in [0.25, 0.3) is 0 Å². The van der Waals surface area contributed by atoms with Crippen molar-refractivity contribution in [1.82, 2.24) is 5.32 Å². The first-order chi connectivity index (χ1) is 8.55. The molecule has 2 atom stereocenters. The smallest absolute Gasteiger partial charge is 0.150 e. The maximum Gasteiger partial charge on any atom is 0.150 e. The lowest BCUT2D eigenvalue weighted by Gasteiger charge is -2.41. The molecule has 2 unspecified atom stereocenters. The van der Waals surface area contributed by atoms with E-state index in [9.17, 15) is 8.42 Å². The van der Waals surface area contributed by atoms with Gasteiger partial charge in [0.2, 0.25) is 0 Å². The molecule has 0 saturated carbocycles. The molecule has 2 fully saturated rings. The third kappa shape index (κ3) is 3.68. The molecule has 2 aliphatic heterocycles. The average Bonchev–Trinajstić information content (AvgIpc) is 2.29. The summed E-state index contributed by atoms with van der Waals surface area (Å²) in [6, 6.07) is 0. The summed E-state index contributed by atoms with van der Waals surface area (Å²) in [6.45, 7) is 1.73. The highest BCUT2D eigenvalue weighted by Crippen LogP contribution is 2.31. The monoisotopic (exact) mass is 275 g/mol. The largest absolute Gasteiger partial charge is 0.383 e. The first kappa shape index (κ1) is 14.3. The quantitative estimate of drug-likeness (QED) is 0.842. The van der Waals surface area contributed by atoms with Crippen LogP contribution in [0.15, 0.2) is 0 Å². The molecule has 0 aromatic rings. The van der Waals surface area contributed by atoms with Gasteiger partial charge >= 0.3 is 0 Å². The van der Waals surface area contributed by atoms with Gasteiger partial charge in [0.15, 0.2) is 9.84 Å². The average molecular weight is 275 g/mol. The molecule has 0 amide bonds. The van der Waals surface area contributed by atoms with Crippen LogP contribution in [0.25, 0.3) is 0 Å². The number of hydrogen-bond donors (Lipinski definition) is 1. The highest BCUT2D eigenvalue weighted by Gasteiger charge is 2.36. The number of piperidine rings is 1. The number of rotatable bonds is 4. The van der Waals surface area contributed by atoms with Gasteiger partial charge in [0.05, 0.1) is 18.1 Å². The van der Waals surface area contributed by atoms with Gasteiger partial charge in [-0.2, -0.15) is 0 Å². The molecule has 106 valence electrons. The lowest BCUT2D eigenvalue weighted by atomic mass is 9.80. The molecule has 4 nitrogen and oxygen atoms in total. The predicted molar refractivity (Wildman–Crippen MR) is 72.5 cm³/mol. The minimum absolute atomic E-state index is 0.0184. The van der Waals surface area contributed by atoms with Crippen molar-refractivity contribution in [2.24, 2.45) is 5.92 Å². The van der Waals surface area contributed by atoms with E-state index in [2.05, 4.69) is 5.32 Å². The standard InChI is InChI=1S/C13H25NO3S/c1-17-11-13(6-2-3-7-14-13)9-12-5-4-8-18(15,16)10-12/h12,14H,2-11H2,1H3. The van der Waals surface area contributed by atoms with E-state index in [1.807, 2.05) is 0 Å². The SMILES string of the molecule is COCC1(CC2CCCS(=O)(=O)C2)CCCCN1. The Morgan fingerprint density at radius 1 is 1.33 bits per heavy atom. The van der Waals surface area contributed by atoms with E-state index in [0.717, 1.165) is 32.2 Å². The molecular formula is C13H25NO3S. The zero-order valence-electron chi connectivity index (χ0n) is 11.3. The van der Waals surface area contributed by atoms with Crippen molar-refractivity contribution in [2.45, 2.75) is 44.1 Å². The van der Waals surface area contributed by atoms with E-state index >= 15 is 0 Å². The lowest BCUT2D eigenvalue weighted by Crippen LogP contribution is -2.53. The number of nitrogens with one attached hydrogen (secondary N) is 1. The van der Waals surface area contributed by atoms with Crippen molar-refractivity contribution in [2.75, 3.05) is 31.8 Å². The van der Waals surface area contributed by atoms with Crippen LogP contribution in [0, 0.1) is 5.92 Å². The van der Waals surface area contributed by atoms with Gasteiger partial charge in [-0.15, -0.1) is 0 Å². The Hall–Kier alpha value is -0.130. The van der Waals surface area contributed by atoms with E-state index in [1.54, 1.807) is 7.11 Å². The molecule has 2 rings (SSSR count). The summed E-state index contributed by atoms with van der Waals surface area (Å²) in [5.41, 5.74) is 0.0184. The fourth-order valence-electron chi connectivity index (χ4n) is 3.49. The summed E-state index contributed by atoms with van der Waals surface area (Å²) in [5, 5.41) is 3.59. The molecule has 5 heteroatoms. The third-order valence-corrected chi connectivity index (χ3v) is 6.13. The number of hydrogen-bond acceptors (Lipinski definition) is 4. The van der Waals surface area contributed by atoms with E-state index in [4.69, 9.17) is 4.74 Å². The van der Waals surface area contributed by atoms with Crippen LogP contribution in [0.5, 0.6) is 0 Å². The Morgan fingerprint density at radius 2 is 2.17 bits per heavy atom. The Bertz CT molecular complexity index is 355. The van der Waals surface area contributed by atoms with E-state index < -0.39 is 9.84 Å². The molecule has 2 saturated heterocycles. The van der Waals surface area contributed by atoms with Crippen molar-refractivity contribution in [3.05, 3.63) is 0 Å². The van der Waals surface area contributed by atoms with Gasteiger partial charge in [-0.05, 0) is 44.6 Å². The van der Waals surface area contributed by atoms with Gasteiger partial charge in [-0.1, -0.05) is 6.42 Å². The van der Waals surface area contributed by atoms with Gasteiger partial charge in [0, 0.05) is 12.6 Å². The predicted octanol–water partition coefficient (Wildman–Crippen LogP) is 1.36. The lowest BCUT2D eigenvalue weighted by molar-refractivity contribution is 0.0722. The summed E-state index contributed by atoms with van der Waals surface area (Å²) in [4.78, 5) is 0. The number of ether oxygens (including phenoxy) is 1. The summed E-state index contributed by atoms with van der Waals surface area (Å²) in [5.74, 6) is 1.07. The molecule has 0 spiro atoms. The van der Waals surface area contributed by atoms with Crippen LogP contribution in [0.4, 0.5) is 0 Å². The summed E-state index contributed by atoms with van der Waals surface area (Å²) in [6.07, 6.45) is 6.37. The molecule has 0 radical (unpaired) electrons. The van der Waals surface area contributed by atoms with Crippen molar-refractivity contribution in [3.63, 3.8) is 0 Å². The van der Waals surface area contributed by atoms with Crippen molar-refractivity contribution in [1.29, 1.82) is 0 Å². The molecular weight excluding hydrogens is 250 g/mol. The van der Waals surface area contributed by atoms with Crippen LogP contribution in [0.2, 0.25) is 0 Å². The molecule has 1 N–H and O–H groups in total. The van der Waals surface area contributed by atoms with Crippen molar-refractivity contribution >= 4 is 9.84 Å². The van der Waals surface area contributed by atoms with Crippen molar-refractivity contribution < 1.29 is 13.2 Å². The zero-order chi connectivity index (χ0) is 13.1. The molecule has 2 heterocycles. The first-order valence-corrected chi connectivity index (χ1v) is 8.82. The normalized spacial score (nSPS) is 36.4. The third-order valence-electron chi connectivity index (χ3n) is 4.24. The number of methoxy groups -OCH3 is 1. The molecule has 0 bridgehead atoms. The number of sulfone groups is 1. The zero-order valence-corrected chi connectivity index (χ0v) is 12.1. The van der Waals surface area contributed by atoms with Crippen LogP contribution < -0.4 is 5.32 Å². The summed E-state index contributed by atoms with van der Waals surface area (Å²) < 4.78 is 28.8. The highest BCUT2D eigenvalue weighted by molar-refractivity contribution is 7.91. The Kier molecular flexibility index (Phi) is 4.67. The maximum absolute atomic E-state index is 11.7. The van der Waals surface area contributed by atoms with Gasteiger partial charge in [0.1, 0.15) is 0 Å². The Morgan fingerprint density at radius 3 is 2.78 bits per heavy atom. The van der Waals surface area contributed by atoms with Crippen LogP contribution in [-0.2, 0) is 14.6 Å². The fourth-order valence-corrected chi connectivity index (χ4v) is 5.27. The van der Waals surface area contributed by atoms with Crippen LogP contribution in [-0.4, -0.2) is 45.7 Å². The molecule has 2 aliphatic rings. The summed E-state index contributed by atoms with van der Waals surface area (Å²) >= 11 is 0. The summed E-state index contributed by atoms with van der Waals surface area (Å²) in [7, 11) is -1.06. The van der Waals surface area contributed by atoms with Crippen LogP contribution >= 0.6 is 0 Å². The second kappa shape index (κ2) is 5.88. The molecule has 18 heavy (non-hydrogen) atoms. The van der Waals surface area contributed by atoms with Gasteiger partial charge in [-0.3, -0.25) is 0 Å². The van der Waals surface area contributed by atoms with E-state index in [-0.39, 0.29) is 5.54 Å². The van der Waals surface area contributed by atoms with Crippen LogP contribution in [0.1, 0.15) is 38.5 Å². The van der Waals surface area contributed by atoms with Gasteiger partial charge < -0.3 is 10.1 Å². The first-order valence-electron chi connectivity index (χ1n) is 7.00. The van der Waals surface area contributed by atoms with Crippen molar-refractivity contribution in [3.8, 4) is 0 Å². The molecule has 0 aromatic heterocycles. The minimum Gasteiger partial charge on any atom is -0.383 e. The fraction of sp³-hybridized carbons (Fsp3) is 1.00. The van der Waals surface area contributed by atoms with E-state index in [0.29, 0.717) is 24.0 Å². The second-order valence-electron chi connectivity index (χ2n) is 5.92. The molecule has 0 aromatic carbocycles. The minimum atomic E-state index is -2.79. The second-order valence-corrected chi connectivity index (χ2v) is 8.15. The topological polar surface area (TPSA) is 55.4 Å². The molecule has 0 aliphatic carbocycles. The van der Waals surface area contributed by atoms with Crippen LogP contribution in [0.3, 0.4) is 0 Å². The van der Waals surface area contributed by atoms with Gasteiger partial charge in [-0.25, -0.2) is 8.42 Å².